The molecule has 0 fully saturated rings. The maximum atomic E-state index is 14.3. The molecule has 0 radical (unpaired) electrons. The first-order valence-electron chi connectivity index (χ1n) is 18.3. The molecule has 13 heteroatoms. The largest absolute Gasteiger partial charge is 0.484 e. The van der Waals surface area contributed by atoms with E-state index in [4.69, 9.17) is 4.74 Å². The predicted molar refractivity (Wildman–Crippen MR) is 207 cm³/mol. The number of fused-ring (bicyclic) bond motifs is 16. The van der Waals surface area contributed by atoms with E-state index in [-0.39, 0.29) is 25.7 Å². The molecule has 5 N–H and O–H groups in total. The van der Waals surface area contributed by atoms with Crippen LogP contribution in [0, 0.1) is 0 Å². The fourth-order valence-electron chi connectivity index (χ4n) is 6.34. The maximum absolute atomic E-state index is 14.3. The summed E-state index contributed by atoms with van der Waals surface area (Å²) in [6, 6.07) is 27.5. The van der Waals surface area contributed by atoms with Crippen LogP contribution in [0.15, 0.2) is 128 Å². The van der Waals surface area contributed by atoms with Crippen LogP contribution in [-0.4, -0.2) is 75.4 Å². The number of carboxylic acids is 1. The van der Waals surface area contributed by atoms with Gasteiger partial charge in [0.2, 0.25) is 17.7 Å². The molecule has 56 heavy (non-hydrogen) atoms. The Morgan fingerprint density at radius 2 is 1.27 bits per heavy atom. The van der Waals surface area contributed by atoms with Crippen LogP contribution >= 0.6 is 0 Å². The van der Waals surface area contributed by atoms with Gasteiger partial charge in [0.1, 0.15) is 29.9 Å². The lowest BCUT2D eigenvalue weighted by Gasteiger charge is -2.26. The van der Waals surface area contributed by atoms with Gasteiger partial charge in [-0.15, -0.1) is 0 Å². The first-order chi connectivity index (χ1) is 27.2. The summed E-state index contributed by atoms with van der Waals surface area (Å²) in [4.78, 5) is 76.5. The van der Waals surface area contributed by atoms with E-state index >= 15 is 0 Å². The Bertz CT molecular complexity index is 2100. The number of carboxylic acid groups (broad SMARTS) is 1. The van der Waals surface area contributed by atoms with Crippen molar-refractivity contribution in [3.8, 4) is 17.0 Å². The van der Waals surface area contributed by atoms with Crippen molar-refractivity contribution in [2.75, 3.05) is 6.61 Å². The average Bonchev–Trinajstić information content (AvgIpc) is 3.22. The van der Waals surface area contributed by atoms with Gasteiger partial charge >= 0.3 is 5.97 Å². The summed E-state index contributed by atoms with van der Waals surface area (Å²) in [6.07, 6.45) is 5.44. The van der Waals surface area contributed by atoms with Crippen LogP contribution in [-0.2, 0) is 49.7 Å². The minimum Gasteiger partial charge on any atom is -0.484 e. The number of carbonyl (C=O) groups is 5. The van der Waals surface area contributed by atoms with Gasteiger partial charge in [-0.1, -0.05) is 72.8 Å². The number of hydrogen-bond acceptors (Lipinski definition) is 8. The van der Waals surface area contributed by atoms with E-state index in [1.54, 1.807) is 55.0 Å². The summed E-state index contributed by atoms with van der Waals surface area (Å²) in [5.41, 5.74) is 4.54. The third kappa shape index (κ3) is 11.1. The fourth-order valence-corrected chi connectivity index (χ4v) is 6.34. The lowest BCUT2D eigenvalue weighted by atomic mass is 9.99. The number of ether oxygens (including phenoxy) is 1. The zero-order valence-corrected chi connectivity index (χ0v) is 30.5. The summed E-state index contributed by atoms with van der Waals surface area (Å²) in [5.74, 6) is -3.48. The molecule has 286 valence electrons. The van der Waals surface area contributed by atoms with E-state index in [1.165, 1.54) is 0 Å². The molecule has 0 saturated heterocycles. The number of rotatable bonds is 9. The number of pyridine rings is 2. The van der Waals surface area contributed by atoms with Crippen LogP contribution < -0.4 is 26.0 Å². The van der Waals surface area contributed by atoms with Gasteiger partial charge in [0, 0.05) is 43.4 Å². The van der Waals surface area contributed by atoms with Crippen molar-refractivity contribution in [1.82, 2.24) is 31.2 Å². The molecular weight excluding hydrogens is 713 g/mol. The van der Waals surface area contributed by atoms with Crippen molar-refractivity contribution in [2.45, 2.75) is 56.3 Å². The van der Waals surface area contributed by atoms with Crippen LogP contribution in [0.3, 0.4) is 0 Å². The van der Waals surface area contributed by atoms with Gasteiger partial charge in [0.05, 0.1) is 5.69 Å². The van der Waals surface area contributed by atoms with Gasteiger partial charge in [0.15, 0.2) is 6.61 Å². The van der Waals surface area contributed by atoms with Crippen molar-refractivity contribution >= 4 is 29.6 Å². The number of nitrogens with one attached hydrogen (secondary N) is 4. The third-order valence-corrected chi connectivity index (χ3v) is 9.37. The molecule has 2 aromatic heterocycles. The number of aromatic nitrogens is 2. The molecule has 5 aromatic rings. The number of hydrogen-bond donors (Lipinski definition) is 5. The number of benzene rings is 3. The second kappa shape index (κ2) is 18.9. The van der Waals surface area contributed by atoms with E-state index in [2.05, 4.69) is 31.2 Å². The van der Waals surface area contributed by atoms with Crippen LogP contribution in [0.1, 0.15) is 28.7 Å². The zero-order chi connectivity index (χ0) is 39.3. The van der Waals surface area contributed by atoms with E-state index < -0.39 is 60.4 Å². The highest BCUT2D eigenvalue weighted by molar-refractivity contribution is 5.95. The summed E-state index contributed by atoms with van der Waals surface area (Å²) >= 11 is 0. The zero-order valence-electron chi connectivity index (χ0n) is 30.5. The van der Waals surface area contributed by atoms with Gasteiger partial charge in [-0.25, -0.2) is 4.79 Å². The molecule has 4 heterocycles. The number of aliphatic carboxylic acids is 1. The summed E-state index contributed by atoms with van der Waals surface area (Å²) < 4.78 is 5.69. The third-order valence-electron chi connectivity index (χ3n) is 9.37. The molecule has 4 atom stereocenters. The normalized spacial score (nSPS) is 19.5. The molecule has 4 amide bonds. The minimum absolute atomic E-state index is 0.0257. The molecule has 0 spiro atoms. The van der Waals surface area contributed by atoms with Gasteiger partial charge in [-0.05, 0) is 71.5 Å². The maximum Gasteiger partial charge on any atom is 0.326 e. The van der Waals surface area contributed by atoms with Crippen molar-refractivity contribution < 1.29 is 33.8 Å². The Balaban J connectivity index is 1.33. The molecule has 0 aliphatic carbocycles. The molecule has 0 saturated carbocycles. The number of carbonyl (C=O) groups excluding carboxylic acids is 4. The Kier molecular flexibility index (Phi) is 13.1. The van der Waals surface area contributed by atoms with E-state index in [9.17, 15) is 29.1 Å². The van der Waals surface area contributed by atoms with Crippen molar-refractivity contribution in [3.05, 3.63) is 150 Å². The first kappa shape index (κ1) is 38.8. The van der Waals surface area contributed by atoms with Crippen molar-refractivity contribution in [2.24, 2.45) is 0 Å². The summed E-state index contributed by atoms with van der Waals surface area (Å²) in [7, 11) is 0. The molecule has 2 bridgehead atoms. The standard InChI is InChI=1S/C43H42N6O7/c50-39-27-56-33-16-11-30(12-17-33)26-38(43(54)55)49-40(51)35(18-13-28-6-2-1-3-7-28)47-42(53)37(48-41(52)36(46-39)25-31-19-22-44-23-20-31)24-29-9-14-32(15-10-29)34-8-4-5-21-45-34/h1-12,14-17,19-23,35-38H,13,18,24-27H2,(H,46,50)(H,47,53)(H,48,52)(H,49,51)(H,54,55)/t35-,36-,37+,38-/m0/s1. The Morgan fingerprint density at radius 1 is 0.643 bits per heavy atom. The quantitative estimate of drug-likeness (QED) is 0.141. The summed E-state index contributed by atoms with van der Waals surface area (Å²) in [5, 5.41) is 21.1. The van der Waals surface area contributed by atoms with Crippen LogP contribution in [0.25, 0.3) is 11.3 Å². The molecule has 3 aromatic carbocycles. The van der Waals surface area contributed by atoms with E-state index in [0.717, 1.165) is 16.8 Å². The molecule has 0 unspecified atom stereocenters. The highest BCUT2D eigenvalue weighted by atomic mass is 16.5. The highest BCUT2D eigenvalue weighted by Gasteiger charge is 2.32. The molecule has 2 aliphatic rings. The Labute approximate surface area is 323 Å². The Morgan fingerprint density at radius 3 is 1.93 bits per heavy atom. The monoisotopic (exact) mass is 754 g/mol. The minimum atomic E-state index is -1.32. The number of nitrogens with zero attached hydrogens (tertiary/aromatic N) is 2. The van der Waals surface area contributed by atoms with Crippen molar-refractivity contribution in [1.29, 1.82) is 0 Å². The Hall–Kier alpha value is -6.89. The number of amides is 4. The lowest BCUT2D eigenvalue weighted by Crippen LogP contribution is -2.59. The average molecular weight is 755 g/mol. The molecular formula is C43H42N6O7. The first-order valence-corrected chi connectivity index (χ1v) is 18.3. The topological polar surface area (TPSA) is 189 Å². The molecule has 7 rings (SSSR count). The fraction of sp³-hybridized carbons (Fsp3) is 0.233. The molecule has 13 nitrogen and oxygen atoms in total. The van der Waals surface area contributed by atoms with Crippen LogP contribution in [0.2, 0.25) is 0 Å². The molecule has 2 aliphatic heterocycles. The van der Waals surface area contributed by atoms with Gasteiger partial charge in [-0.2, -0.15) is 0 Å². The lowest BCUT2D eigenvalue weighted by molar-refractivity contribution is -0.142. The SMILES string of the molecule is O=C1COc2ccc(cc2)C[C@@H](C(=O)O)NC(=O)[C@H](CCc2ccccc2)NC(=O)[C@@H](Cc2ccc(-c3ccccn3)cc2)NC(=O)[C@H](Cc2ccncc2)N1. The second-order valence-corrected chi connectivity index (χ2v) is 13.5. The number of aryl methyl sites for hydroxylation is 1. The van der Waals surface area contributed by atoms with Crippen molar-refractivity contribution in [3.63, 3.8) is 0 Å². The van der Waals surface area contributed by atoms with Gasteiger partial charge < -0.3 is 31.1 Å². The van der Waals surface area contributed by atoms with Crippen LogP contribution in [0.5, 0.6) is 5.75 Å². The highest BCUT2D eigenvalue weighted by Crippen LogP contribution is 2.19. The van der Waals surface area contributed by atoms with E-state index in [1.807, 2.05) is 72.8 Å². The van der Waals surface area contributed by atoms with E-state index in [0.29, 0.717) is 28.9 Å². The smallest absolute Gasteiger partial charge is 0.326 e. The summed E-state index contributed by atoms with van der Waals surface area (Å²) in [6.45, 7) is -0.414. The van der Waals surface area contributed by atoms with Gasteiger partial charge in [0.25, 0.3) is 5.91 Å². The predicted octanol–water partition coefficient (Wildman–Crippen LogP) is 3.22. The van der Waals surface area contributed by atoms with Crippen LogP contribution in [0.4, 0.5) is 0 Å². The van der Waals surface area contributed by atoms with Gasteiger partial charge in [-0.3, -0.25) is 29.1 Å². The second-order valence-electron chi connectivity index (χ2n) is 13.5.